The summed E-state index contributed by atoms with van der Waals surface area (Å²) in [5.74, 6) is -0.919. The van der Waals surface area contributed by atoms with E-state index in [0.717, 1.165) is 122 Å². The zero-order valence-electron chi connectivity index (χ0n) is 43.9. The fourth-order valence-electron chi connectivity index (χ4n) is 7.68. The molecule has 0 heterocycles. The van der Waals surface area contributed by atoms with E-state index in [4.69, 9.17) is 14.2 Å². The highest BCUT2D eigenvalue weighted by Gasteiger charge is 2.19. The molecule has 0 spiro atoms. The third-order valence-corrected chi connectivity index (χ3v) is 11.9. The molecule has 67 heavy (non-hydrogen) atoms. The minimum absolute atomic E-state index is 0.0866. The largest absolute Gasteiger partial charge is 0.462 e. The van der Waals surface area contributed by atoms with E-state index in [1.165, 1.54) is 103 Å². The molecular weight excluding hydrogens is 829 g/mol. The van der Waals surface area contributed by atoms with Crippen LogP contribution in [0.4, 0.5) is 0 Å². The molecule has 0 aliphatic carbocycles. The highest BCUT2D eigenvalue weighted by molar-refractivity contribution is 5.71. The molecule has 0 radical (unpaired) electrons. The van der Waals surface area contributed by atoms with Crippen molar-refractivity contribution in [3.05, 3.63) is 85.1 Å². The number of unbranched alkanes of at least 4 members (excludes halogenated alkanes) is 25. The number of ether oxygens (including phenoxy) is 3. The lowest BCUT2D eigenvalue weighted by atomic mass is 10.1. The van der Waals surface area contributed by atoms with Crippen LogP contribution in [0, 0.1) is 0 Å². The molecule has 0 amide bonds. The van der Waals surface area contributed by atoms with Crippen molar-refractivity contribution >= 4 is 17.9 Å². The van der Waals surface area contributed by atoms with E-state index >= 15 is 0 Å². The first-order valence-corrected chi connectivity index (χ1v) is 28.1. The Labute approximate surface area is 414 Å². The van der Waals surface area contributed by atoms with Crippen LogP contribution in [0.25, 0.3) is 0 Å². The lowest BCUT2D eigenvalue weighted by molar-refractivity contribution is -0.167. The van der Waals surface area contributed by atoms with Crippen LogP contribution in [0.5, 0.6) is 0 Å². The van der Waals surface area contributed by atoms with E-state index in [2.05, 4.69) is 106 Å². The average molecular weight is 933 g/mol. The Bertz CT molecular complexity index is 1300. The van der Waals surface area contributed by atoms with Gasteiger partial charge in [0.25, 0.3) is 0 Å². The van der Waals surface area contributed by atoms with Gasteiger partial charge in [-0.25, -0.2) is 0 Å². The summed E-state index contributed by atoms with van der Waals surface area (Å²) in [4.78, 5) is 38.0. The first-order chi connectivity index (χ1) is 33.0. The molecule has 0 rings (SSSR count). The normalized spacial score (nSPS) is 12.7. The van der Waals surface area contributed by atoms with Crippen LogP contribution in [-0.4, -0.2) is 37.2 Å². The van der Waals surface area contributed by atoms with Gasteiger partial charge in [-0.1, -0.05) is 234 Å². The summed E-state index contributed by atoms with van der Waals surface area (Å²) in [5, 5.41) is 0. The maximum atomic E-state index is 12.8. The van der Waals surface area contributed by atoms with Gasteiger partial charge in [-0.05, 0) is 96.3 Å². The van der Waals surface area contributed by atoms with E-state index in [-0.39, 0.29) is 31.1 Å². The second-order valence-corrected chi connectivity index (χ2v) is 18.5. The molecule has 1 atom stereocenters. The molecule has 6 heteroatoms. The first-order valence-electron chi connectivity index (χ1n) is 28.1. The Morgan fingerprint density at radius 3 is 0.925 bits per heavy atom. The molecule has 0 saturated carbocycles. The van der Waals surface area contributed by atoms with Gasteiger partial charge < -0.3 is 14.2 Å². The number of esters is 3. The maximum Gasteiger partial charge on any atom is 0.306 e. The molecule has 0 saturated heterocycles. The molecule has 0 aromatic heterocycles. The van der Waals surface area contributed by atoms with E-state index in [1.54, 1.807) is 0 Å². The monoisotopic (exact) mass is 933 g/mol. The van der Waals surface area contributed by atoms with Gasteiger partial charge in [0.15, 0.2) is 6.10 Å². The van der Waals surface area contributed by atoms with Crippen LogP contribution < -0.4 is 0 Å². The number of hydrogen-bond acceptors (Lipinski definition) is 6. The Hall–Kier alpha value is -3.41. The predicted octanol–water partition coefficient (Wildman–Crippen LogP) is 18.8. The second kappa shape index (κ2) is 55.2. The van der Waals surface area contributed by atoms with Crippen LogP contribution in [0.3, 0.4) is 0 Å². The molecule has 0 aromatic carbocycles. The molecule has 0 aliphatic heterocycles. The van der Waals surface area contributed by atoms with Gasteiger partial charge in [0.05, 0.1) is 0 Å². The van der Waals surface area contributed by atoms with Crippen molar-refractivity contribution in [1.82, 2.24) is 0 Å². The van der Waals surface area contributed by atoms with Crippen LogP contribution in [0.1, 0.15) is 265 Å². The SMILES string of the molecule is CC/C=C\C/C=C\C/C=C\C/C=C\C/C=C\C/C=C\CCCCCCC(=O)OCC(COC(=O)CCCCCCCCCCCC)OC(=O)CCCCCCC/C=C\CCCCCCCCC. The Balaban J connectivity index is 4.37. The maximum absolute atomic E-state index is 12.8. The third kappa shape index (κ3) is 53.4. The summed E-state index contributed by atoms with van der Waals surface area (Å²) in [7, 11) is 0. The van der Waals surface area contributed by atoms with Crippen LogP contribution in [0.2, 0.25) is 0 Å². The van der Waals surface area contributed by atoms with Gasteiger partial charge in [-0.15, -0.1) is 0 Å². The van der Waals surface area contributed by atoms with Crippen molar-refractivity contribution in [2.24, 2.45) is 0 Å². The van der Waals surface area contributed by atoms with Crippen molar-refractivity contribution in [3.63, 3.8) is 0 Å². The van der Waals surface area contributed by atoms with Gasteiger partial charge >= 0.3 is 17.9 Å². The molecule has 1 unspecified atom stereocenters. The number of rotatable bonds is 50. The Kier molecular flexibility index (Phi) is 52.4. The zero-order valence-corrected chi connectivity index (χ0v) is 43.9. The fraction of sp³-hybridized carbons (Fsp3) is 0.721. The van der Waals surface area contributed by atoms with Crippen molar-refractivity contribution in [2.75, 3.05) is 13.2 Å². The van der Waals surface area contributed by atoms with Gasteiger partial charge in [-0.2, -0.15) is 0 Å². The average Bonchev–Trinajstić information content (AvgIpc) is 3.33. The number of carbonyl (C=O) groups excluding carboxylic acids is 3. The lowest BCUT2D eigenvalue weighted by Crippen LogP contribution is -2.30. The lowest BCUT2D eigenvalue weighted by Gasteiger charge is -2.18. The van der Waals surface area contributed by atoms with Gasteiger partial charge in [-0.3, -0.25) is 14.4 Å². The summed E-state index contributed by atoms with van der Waals surface area (Å²) in [6.45, 7) is 6.49. The molecule has 0 aromatic rings. The van der Waals surface area contributed by atoms with Crippen LogP contribution in [0.15, 0.2) is 85.1 Å². The molecule has 0 aliphatic rings. The Morgan fingerprint density at radius 1 is 0.313 bits per heavy atom. The number of hydrogen-bond donors (Lipinski definition) is 0. The fourth-order valence-corrected chi connectivity index (χ4v) is 7.68. The molecule has 6 nitrogen and oxygen atoms in total. The molecule has 0 fully saturated rings. The summed E-state index contributed by atoms with van der Waals surface area (Å²) < 4.78 is 16.8. The smallest absolute Gasteiger partial charge is 0.306 e. The third-order valence-electron chi connectivity index (χ3n) is 11.9. The highest BCUT2D eigenvalue weighted by atomic mass is 16.6. The van der Waals surface area contributed by atoms with Crippen LogP contribution in [-0.2, 0) is 28.6 Å². The standard InChI is InChI=1S/C61H104O6/c1-4-7-10-13-16-19-22-24-26-28-29-30-31-32-33-34-36-37-39-42-45-48-51-54-60(63)66-57-58(56-65-59(62)53-50-47-44-41-21-18-15-12-9-6-3)67-61(64)55-52-49-46-43-40-38-35-27-25-23-20-17-14-11-8-5-2/h7,10,16,19,24,26-27,29-30,32-33,35-37,58H,4-6,8-9,11-15,17-18,20-23,25,28,31,34,38-57H2,1-3H3/b10-7-,19-16-,26-24-,30-29-,33-32-,35-27-,37-36-. The van der Waals surface area contributed by atoms with E-state index in [9.17, 15) is 14.4 Å². The first kappa shape index (κ1) is 63.6. The number of allylic oxidation sites excluding steroid dienone is 14. The molecular formula is C61H104O6. The van der Waals surface area contributed by atoms with Gasteiger partial charge in [0.1, 0.15) is 13.2 Å². The van der Waals surface area contributed by atoms with Crippen molar-refractivity contribution in [1.29, 1.82) is 0 Å². The van der Waals surface area contributed by atoms with Gasteiger partial charge in [0, 0.05) is 19.3 Å². The summed E-state index contributed by atoms with van der Waals surface area (Å²) in [6.07, 6.45) is 71.4. The van der Waals surface area contributed by atoms with Crippen LogP contribution >= 0.6 is 0 Å². The summed E-state index contributed by atoms with van der Waals surface area (Å²) >= 11 is 0. The van der Waals surface area contributed by atoms with Gasteiger partial charge in [0.2, 0.25) is 0 Å². The minimum atomic E-state index is -0.789. The molecule has 0 bridgehead atoms. The predicted molar refractivity (Wildman–Crippen MR) is 288 cm³/mol. The second-order valence-electron chi connectivity index (χ2n) is 18.5. The van der Waals surface area contributed by atoms with E-state index in [0.29, 0.717) is 19.3 Å². The summed E-state index contributed by atoms with van der Waals surface area (Å²) in [5.41, 5.74) is 0. The minimum Gasteiger partial charge on any atom is -0.462 e. The quantitative estimate of drug-likeness (QED) is 0.0262. The molecule has 0 N–H and O–H groups in total. The van der Waals surface area contributed by atoms with E-state index in [1.807, 2.05) is 0 Å². The Morgan fingerprint density at radius 2 is 0.582 bits per heavy atom. The van der Waals surface area contributed by atoms with Crippen molar-refractivity contribution < 1.29 is 28.6 Å². The van der Waals surface area contributed by atoms with Crippen molar-refractivity contribution in [2.45, 2.75) is 271 Å². The topological polar surface area (TPSA) is 78.9 Å². The highest BCUT2D eigenvalue weighted by Crippen LogP contribution is 2.14. The van der Waals surface area contributed by atoms with E-state index < -0.39 is 6.10 Å². The number of carbonyl (C=O) groups is 3. The summed E-state index contributed by atoms with van der Waals surface area (Å²) in [6, 6.07) is 0. The molecule has 384 valence electrons. The van der Waals surface area contributed by atoms with Crippen molar-refractivity contribution in [3.8, 4) is 0 Å². The zero-order chi connectivity index (χ0) is 48.6.